The van der Waals surface area contributed by atoms with E-state index in [1.807, 2.05) is 6.92 Å². The van der Waals surface area contributed by atoms with Gasteiger partial charge in [0.25, 0.3) is 0 Å². The van der Waals surface area contributed by atoms with Gasteiger partial charge in [0.1, 0.15) is 13.0 Å². The molecule has 4 unspecified atom stereocenters. The van der Waals surface area contributed by atoms with Gasteiger partial charge in [-0.25, -0.2) is 0 Å². The SMILES string of the molecule is CCOCN1CN(C2OC(CO)CC2C)C=CC1C. The van der Waals surface area contributed by atoms with Crippen molar-refractivity contribution in [1.29, 1.82) is 0 Å². The summed E-state index contributed by atoms with van der Waals surface area (Å²) in [7, 11) is 0. The second-order valence-electron chi connectivity index (χ2n) is 5.49. The number of hydrogen-bond donors (Lipinski definition) is 1. The van der Waals surface area contributed by atoms with Crippen LogP contribution in [0.25, 0.3) is 0 Å². The van der Waals surface area contributed by atoms with E-state index >= 15 is 0 Å². The lowest BCUT2D eigenvalue weighted by Crippen LogP contribution is -2.49. The second-order valence-corrected chi connectivity index (χ2v) is 5.49. The maximum absolute atomic E-state index is 9.22. The molecule has 4 atom stereocenters. The number of ether oxygens (including phenoxy) is 2. The Kier molecular flexibility index (Phi) is 5.21. The number of aliphatic hydroxyl groups excluding tert-OH is 1. The lowest BCUT2D eigenvalue weighted by Gasteiger charge is -2.40. The highest BCUT2D eigenvalue weighted by Crippen LogP contribution is 2.30. The van der Waals surface area contributed by atoms with Gasteiger partial charge < -0.3 is 19.5 Å². The summed E-state index contributed by atoms with van der Waals surface area (Å²) in [5, 5.41) is 9.22. The molecule has 2 heterocycles. The van der Waals surface area contributed by atoms with Crippen molar-refractivity contribution in [3.05, 3.63) is 12.3 Å². The van der Waals surface area contributed by atoms with Crippen LogP contribution in [0.15, 0.2) is 12.3 Å². The Morgan fingerprint density at radius 1 is 1.42 bits per heavy atom. The second kappa shape index (κ2) is 6.70. The molecule has 0 radical (unpaired) electrons. The largest absolute Gasteiger partial charge is 0.394 e. The Bertz CT molecular complexity index is 311. The average Bonchev–Trinajstić information content (AvgIpc) is 2.79. The van der Waals surface area contributed by atoms with Crippen molar-refractivity contribution in [3.8, 4) is 0 Å². The van der Waals surface area contributed by atoms with E-state index < -0.39 is 0 Å². The minimum atomic E-state index is -0.0203. The average molecular weight is 270 g/mol. The monoisotopic (exact) mass is 270 g/mol. The third-order valence-electron chi connectivity index (χ3n) is 3.92. The van der Waals surface area contributed by atoms with Gasteiger partial charge in [0, 0.05) is 24.8 Å². The summed E-state index contributed by atoms with van der Waals surface area (Å²) in [4.78, 5) is 4.48. The smallest absolute Gasteiger partial charge is 0.133 e. The van der Waals surface area contributed by atoms with Gasteiger partial charge in [0.15, 0.2) is 0 Å². The quantitative estimate of drug-likeness (QED) is 0.813. The molecular weight excluding hydrogens is 244 g/mol. The van der Waals surface area contributed by atoms with Gasteiger partial charge in [-0.05, 0) is 20.3 Å². The molecule has 2 aliphatic heterocycles. The maximum atomic E-state index is 9.22. The Labute approximate surface area is 115 Å². The molecule has 0 aliphatic carbocycles. The zero-order valence-corrected chi connectivity index (χ0v) is 12.2. The van der Waals surface area contributed by atoms with Crippen LogP contribution in [-0.4, -0.2) is 59.9 Å². The highest BCUT2D eigenvalue weighted by atomic mass is 16.5. The fraction of sp³-hybridized carbons (Fsp3) is 0.857. The van der Waals surface area contributed by atoms with E-state index in [9.17, 15) is 5.11 Å². The molecule has 1 saturated heterocycles. The molecule has 0 aromatic carbocycles. The van der Waals surface area contributed by atoms with Gasteiger partial charge in [-0.15, -0.1) is 0 Å². The van der Waals surface area contributed by atoms with Crippen molar-refractivity contribution in [3.63, 3.8) is 0 Å². The van der Waals surface area contributed by atoms with E-state index in [4.69, 9.17) is 9.47 Å². The third-order valence-corrected chi connectivity index (χ3v) is 3.92. The van der Waals surface area contributed by atoms with Crippen LogP contribution in [0.2, 0.25) is 0 Å². The molecule has 5 nitrogen and oxygen atoms in total. The van der Waals surface area contributed by atoms with Crippen molar-refractivity contribution in [2.75, 3.05) is 26.6 Å². The predicted octanol–water partition coefficient (Wildman–Crippen LogP) is 1.20. The molecule has 5 heteroatoms. The predicted molar refractivity (Wildman–Crippen MR) is 73.2 cm³/mol. The van der Waals surface area contributed by atoms with Crippen LogP contribution in [0.5, 0.6) is 0 Å². The Morgan fingerprint density at radius 3 is 2.84 bits per heavy atom. The van der Waals surface area contributed by atoms with E-state index in [-0.39, 0.29) is 18.9 Å². The molecule has 2 rings (SSSR count). The number of nitrogens with zero attached hydrogens (tertiary/aromatic N) is 2. The number of aliphatic hydroxyl groups is 1. The Morgan fingerprint density at radius 2 is 2.21 bits per heavy atom. The summed E-state index contributed by atoms with van der Waals surface area (Å²) in [6, 6.07) is 0.383. The van der Waals surface area contributed by atoms with E-state index in [1.165, 1.54) is 0 Å². The molecule has 1 fully saturated rings. The summed E-state index contributed by atoms with van der Waals surface area (Å²) in [6.45, 7) is 8.65. The van der Waals surface area contributed by atoms with E-state index in [0.29, 0.717) is 18.7 Å². The molecule has 0 bridgehead atoms. The van der Waals surface area contributed by atoms with Crippen molar-refractivity contribution in [2.45, 2.75) is 45.6 Å². The van der Waals surface area contributed by atoms with Crippen LogP contribution in [0.3, 0.4) is 0 Å². The summed E-state index contributed by atoms with van der Waals surface area (Å²) in [5.41, 5.74) is 0. The van der Waals surface area contributed by atoms with Crippen molar-refractivity contribution < 1.29 is 14.6 Å². The molecule has 0 spiro atoms. The molecule has 0 aromatic rings. The lowest BCUT2D eigenvalue weighted by atomic mass is 10.1. The van der Waals surface area contributed by atoms with Crippen LogP contribution in [0.1, 0.15) is 27.2 Å². The third kappa shape index (κ3) is 3.48. The highest BCUT2D eigenvalue weighted by Gasteiger charge is 2.36. The molecule has 2 aliphatic rings. The van der Waals surface area contributed by atoms with Gasteiger partial charge in [-0.1, -0.05) is 13.0 Å². The maximum Gasteiger partial charge on any atom is 0.133 e. The van der Waals surface area contributed by atoms with Gasteiger partial charge in [-0.2, -0.15) is 0 Å². The van der Waals surface area contributed by atoms with Crippen molar-refractivity contribution in [1.82, 2.24) is 9.80 Å². The first-order chi connectivity index (χ1) is 9.15. The highest BCUT2D eigenvalue weighted by molar-refractivity contribution is 4.98. The number of hydrogen-bond acceptors (Lipinski definition) is 5. The van der Waals surface area contributed by atoms with E-state index in [0.717, 1.165) is 19.7 Å². The van der Waals surface area contributed by atoms with E-state index in [2.05, 4.69) is 35.9 Å². The summed E-state index contributed by atoms with van der Waals surface area (Å²) in [6.07, 6.45) is 5.25. The van der Waals surface area contributed by atoms with Gasteiger partial charge in [-0.3, -0.25) is 4.90 Å². The van der Waals surface area contributed by atoms with Crippen LogP contribution in [-0.2, 0) is 9.47 Å². The fourth-order valence-electron chi connectivity index (χ4n) is 2.72. The van der Waals surface area contributed by atoms with Gasteiger partial charge in [0.05, 0.1) is 19.4 Å². The first-order valence-electron chi connectivity index (χ1n) is 7.17. The van der Waals surface area contributed by atoms with Crippen molar-refractivity contribution in [2.24, 2.45) is 5.92 Å². The van der Waals surface area contributed by atoms with Crippen LogP contribution in [0, 0.1) is 5.92 Å². The van der Waals surface area contributed by atoms with E-state index in [1.54, 1.807) is 0 Å². The Balaban J connectivity index is 1.95. The zero-order chi connectivity index (χ0) is 13.8. The van der Waals surface area contributed by atoms with Crippen LogP contribution >= 0.6 is 0 Å². The number of rotatable bonds is 5. The summed E-state index contributed by atoms with van der Waals surface area (Å²) in [5.74, 6) is 0.434. The molecule has 110 valence electrons. The van der Waals surface area contributed by atoms with Gasteiger partial charge >= 0.3 is 0 Å². The molecule has 0 aromatic heterocycles. The molecule has 1 N–H and O–H groups in total. The summed E-state index contributed by atoms with van der Waals surface area (Å²) >= 11 is 0. The fourth-order valence-corrected chi connectivity index (χ4v) is 2.72. The molecular formula is C14H26N2O3. The Hall–Kier alpha value is -0.620. The normalized spacial score (nSPS) is 36.1. The minimum absolute atomic E-state index is 0.0203. The van der Waals surface area contributed by atoms with Crippen LogP contribution in [0.4, 0.5) is 0 Å². The van der Waals surface area contributed by atoms with Crippen LogP contribution < -0.4 is 0 Å². The molecule has 0 amide bonds. The lowest BCUT2D eigenvalue weighted by molar-refractivity contribution is -0.0962. The molecule has 0 saturated carbocycles. The minimum Gasteiger partial charge on any atom is -0.394 e. The zero-order valence-electron chi connectivity index (χ0n) is 12.2. The topological polar surface area (TPSA) is 45.2 Å². The van der Waals surface area contributed by atoms with Crippen molar-refractivity contribution >= 4 is 0 Å². The standard InChI is InChI=1S/C14H26N2O3/c1-4-18-10-16-9-15(6-5-12(16)3)14-11(2)7-13(8-17)19-14/h5-6,11-14,17H,4,7-10H2,1-3H3. The summed E-state index contributed by atoms with van der Waals surface area (Å²) < 4.78 is 11.4. The first kappa shape index (κ1) is 14.8. The van der Waals surface area contributed by atoms with Gasteiger partial charge in [0.2, 0.25) is 0 Å². The first-order valence-corrected chi connectivity index (χ1v) is 7.17. The molecule has 19 heavy (non-hydrogen) atoms.